The lowest BCUT2D eigenvalue weighted by molar-refractivity contribution is -0.125. The van der Waals surface area contributed by atoms with E-state index in [-0.39, 0.29) is 17.5 Å². The number of fused-ring (bicyclic) bond motifs is 1. The molecule has 2 aromatic rings. The van der Waals surface area contributed by atoms with E-state index in [1.165, 1.54) is 12.4 Å². The number of aryl methyl sites for hydroxylation is 1. The van der Waals surface area contributed by atoms with Gasteiger partial charge in [0.25, 0.3) is 0 Å². The lowest BCUT2D eigenvalue weighted by atomic mass is 9.75. The molecule has 1 aliphatic carbocycles. The van der Waals surface area contributed by atoms with E-state index >= 15 is 0 Å². The number of anilines is 1. The third-order valence-corrected chi connectivity index (χ3v) is 5.21. The van der Waals surface area contributed by atoms with E-state index in [4.69, 9.17) is 5.26 Å². The number of rotatable bonds is 2. The van der Waals surface area contributed by atoms with Gasteiger partial charge in [0.05, 0.1) is 17.8 Å². The molecule has 1 unspecified atom stereocenters. The van der Waals surface area contributed by atoms with Gasteiger partial charge in [-0.25, -0.2) is 19.9 Å². The summed E-state index contributed by atoms with van der Waals surface area (Å²) in [5, 5.41) is 8.93. The van der Waals surface area contributed by atoms with Crippen LogP contribution in [0.1, 0.15) is 37.4 Å². The topological polar surface area (TPSA) is 95.7 Å². The minimum absolute atomic E-state index is 0.0208. The second kappa shape index (κ2) is 6.09. The van der Waals surface area contributed by atoms with E-state index in [0.717, 1.165) is 23.3 Å². The number of hydrogen-bond acceptors (Lipinski definition) is 6. The van der Waals surface area contributed by atoms with Crippen LogP contribution in [-0.4, -0.2) is 25.8 Å². The average Bonchev–Trinajstić information content (AvgIpc) is 2.88. The lowest BCUT2D eigenvalue weighted by Crippen LogP contribution is -2.31. The summed E-state index contributed by atoms with van der Waals surface area (Å²) in [6.45, 7) is 5.76. The highest BCUT2D eigenvalue weighted by Gasteiger charge is 2.51. The van der Waals surface area contributed by atoms with E-state index in [0.29, 0.717) is 11.6 Å². The fourth-order valence-electron chi connectivity index (χ4n) is 3.60. The number of carbonyl (C=O) groups excluding carboxylic acids is 1. The fourth-order valence-corrected chi connectivity index (χ4v) is 3.60. The molecule has 134 valence electrons. The first-order valence-corrected chi connectivity index (χ1v) is 8.69. The van der Waals surface area contributed by atoms with Crippen molar-refractivity contribution in [2.75, 3.05) is 4.90 Å². The Labute approximate surface area is 157 Å². The highest BCUT2D eigenvalue weighted by atomic mass is 16.2. The Kier molecular flexibility index (Phi) is 3.84. The summed E-state index contributed by atoms with van der Waals surface area (Å²) in [5.74, 6) is 1.18. The molecule has 0 spiro atoms. The van der Waals surface area contributed by atoms with Crippen LogP contribution in [0.2, 0.25) is 0 Å². The van der Waals surface area contributed by atoms with Crippen molar-refractivity contribution in [3.63, 3.8) is 0 Å². The Morgan fingerprint density at radius 3 is 2.52 bits per heavy atom. The lowest BCUT2D eigenvalue weighted by Gasteiger charge is -2.25. The molecule has 0 radical (unpaired) electrons. The quantitative estimate of drug-likeness (QED) is 0.819. The minimum Gasteiger partial charge on any atom is -0.273 e. The maximum Gasteiger partial charge on any atom is 0.238 e. The molecule has 1 fully saturated rings. The zero-order chi connectivity index (χ0) is 19.2. The van der Waals surface area contributed by atoms with Crippen molar-refractivity contribution < 1.29 is 4.79 Å². The van der Waals surface area contributed by atoms with Gasteiger partial charge in [0, 0.05) is 29.6 Å². The summed E-state index contributed by atoms with van der Waals surface area (Å²) in [6.07, 6.45) is 11.3. The minimum atomic E-state index is -0.548. The number of hydrogen-bond donors (Lipinski definition) is 0. The molecule has 0 aromatic carbocycles. The van der Waals surface area contributed by atoms with Crippen LogP contribution >= 0.6 is 0 Å². The van der Waals surface area contributed by atoms with Gasteiger partial charge < -0.3 is 0 Å². The van der Waals surface area contributed by atoms with E-state index < -0.39 is 5.41 Å². The number of carbonyl (C=O) groups is 1. The van der Waals surface area contributed by atoms with Crippen molar-refractivity contribution >= 4 is 17.3 Å². The van der Waals surface area contributed by atoms with Gasteiger partial charge in [-0.2, -0.15) is 5.26 Å². The molecule has 1 amide bonds. The molecular weight excluding hydrogens is 340 g/mol. The van der Waals surface area contributed by atoms with Gasteiger partial charge in [-0.1, -0.05) is 19.9 Å². The molecule has 27 heavy (non-hydrogen) atoms. The Morgan fingerprint density at radius 2 is 1.89 bits per heavy atom. The van der Waals surface area contributed by atoms with Crippen molar-refractivity contribution in [2.45, 2.75) is 27.2 Å². The van der Waals surface area contributed by atoms with Crippen LogP contribution in [0.3, 0.4) is 0 Å². The summed E-state index contributed by atoms with van der Waals surface area (Å²) < 4.78 is 0. The molecule has 1 saturated heterocycles. The first kappa shape index (κ1) is 17.0. The third kappa shape index (κ3) is 2.70. The standard InChI is InChI=1S/C20H18N6O/c1-12-22-8-14(9-23-12)13-4-5-16-17(6-13)26(19(27)20(16,2)3)18-11-24-15(7-21)10-25-18/h4,6,8-11,16H,5H2,1-3H3. The van der Waals surface area contributed by atoms with Crippen LogP contribution in [-0.2, 0) is 4.79 Å². The molecule has 7 heteroatoms. The van der Waals surface area contributed by atoms with Crippen LogP contribution < -0.4 is 4.90 Å². The molecule has 1 atom stereocenters. The Morgan fingerprint density at radius 1 is 1.15 bits per heavy atom. The number of amides is 1. The Balaban J connectivity index is 1.78. The van der Waals surface area contributed by atoms with Crippen LogP contribution in [0.25, 0.3) is 5.57 Å². The maximum absolute atomic E-state index is 13.1. The van der Waals surface area contributed by atoms with Crippen LogP contribution in [0.5, 0.6) is 0 Å². The van der Waals surface area contributed by atoms with E-state index in [2.05, 4.69) is 26.0 Å². The molecule has 0 bridgehead atoms. The fraction of sp³-hybridized carbons (Fsp3) is 0.300. The van der Waals surface area contributed by atoms with E-state index in [1.54, 1.807) is 17.3 Å². The van der Waals surface area contributed by atoms with Gasteiger partial charge in [0.15, 0.2) is 11.5 Å². The monoisotopic (exact) mass is 358 g/mol. The summed E-state index contributed by atoms with van der Waals surface area (Å²) in [4.78, 5) is 31.6. The summed E-state index contributed by atoms with van der Waals surface area (Å²) in [7, 11) is 0. The predicted octanol–water partition coefficient (Wildman–Crippen LogP) is 2.81. The van der Waals surface area contributed by atoms with Gasteiger partial charge in [-0.15, -0.1) is 0 Å². The first-order valence-electron chi connectivity index (χ1n) is 8.69. The zero-order valence-electron chi connectivity index (χ0n) is 15.3. The molecule has 2 aliphatic rings. The second-order valence-corrected chi connectivity index (χ2v) is 7.27. The molecular formula is C20H18N6O. The predicted molar refractivity (Wildman–Crippen MR) is 99.0 cm³/mol. The number of nitriles is 1. The van der Waals surface area contributed by atoms with Crippen LogP contribution in [0.15, 0.2) is 42.6 Å². The molecule has 4 rings (SSSR count). The van der Waals surface area contributed by atoms with Gasteiger partial charge in [-0.05, 0) is 25.0 Å². The highest BCUT2D eigenvalue weighted by Crippen LogP contribution is 2.49. The third-order valence-electron chi connectivity index (χ3n) is 5.21. The first-order chi connectivity index (χ1) is 12.9. The summed E-state index contributed by atoms with van der Waals surface area (Å²) in [6, 6.07) is 1.95. The maximum atomic E-state index is 13.1. The second-order valence-electron chi connectivity index (χ2n) is 7.27. The Hall–Kier alpha value is -3.40. The van der Waals surface area contributed by atoms with Gasteiger partial charge >= 0.3 is 0 Å². The molecule has 2 aromatic heterocycles. The summed E-state index contributed by atoms with van der Waals surface area (Å²) >= 11 is 0. The molecule has 0 saturated carbocycles. The summed E-state index contributed by atoms with van der Waals surface area (Å²) in [5.41, 5.74) is 2.46. The number of nitrogens with zero attached hydrogens (tertiary/aromatic N) is 6. The van der Waals surface area contributed by atoms with Gasteiger partial charge in [-0.3, -0.25) is 9.69 Å². The zero-order valence-corrected chi connectivity index (χ0v) is 15.3. The number of allylic oxidation sites excluding steroid dienone is 4. The SMILES string of the molecule is Cc1ncc(C2=CCC3C(=C2)N(c2cnc(C#N)cn2)C(=O)C3(C)C)cn1. The van der Waals surface area contributed by atoms with Crippen molar-refractivity contribution in [2.24, 2.45) is 11.3 Å². The van der Waals surface area contributed by atoms with Crippen LogP contribution in [0, 0.1) is 29.6 Å². The smallest absolute Gasteiger partial charge is 0.238 e. The largest absolute Gasteiger partial charge is 0.273 e. The van der Waals surface area contributed by atoms with Crippen LogP contribution in [0.4, 0.5) is 5.82 Å². The van der Waals surface area contributed by atoms with Gasteiger partial charge in [0.1, 0.15) is 11.9 Å². The van der Waals surface area contributed by atoms with Crippen molar-refractivity contribution in [1.82, 2.24) is 19.9 Å². The van der Waals surface area contributed by atoms with E-state index in [9.17, 15) is 4.79 Å². The molecule has 3 heterocycles. The van der Waals surface area contributed by atoms with Crippen molar-refractivity contribution in [3.8, 4) is 6.07 Å². The highest BCUT2D eigenvalue weighted by molar-refractivity contribution is 6.04. The molecule has 7 nitrogen and oxygen atoms in total. The number of aromatic nitrogens is 4. The van der Waals surface area contributed by atoms with Crippen molar-refractivity contribution in [1.29, 1.82) is 5.26 Å². The average molecular weight is 358 g/mol. The molecule has 1 aliphatic heterocycles. The normalized spacial score (nSPS) is 20.6. The Bertz CT molecular complexity index is 1010. The van der Waals surface area contributed by atoms with Crippen molar-refractivity contribution in [3.05, 3.63) is 59.7 Å². The van der Waals surface area contributed by atoms with Gasteiger partial charge in [0.2, 0.25) is 5.91 Å². The van der Waals surface area contributed by atoms with E-state index in [1.807, 2.05) is 32.9 Å². The molecule has 0 N–H and O–H groups in total.